The summed E-state index contributed by atoms with van der Waals surface area (Å²) >= 11 is 1.46. The van der Waals surface area contributed by atoms with E-state index in [-0.39, 0.29) is 17.9 Å². The number of hydrogen-bond donors (Lipinski definition) is 0. The third-order valence-electron chi connectivity index (χ3n) is 5.04. The van der Waals surface area contributed by atoms with E-state index in [1.807, 2.05) is 17.6 Å². The standard InChI is InChI=1S/C21H26FN5O3S/c1-4-26-13-23-18-19(26)24-21(31-12-14-6-7-16(28-3)15(22)10-14)25-20(18)27-8-9-30-17(11-27)29-5-2/h6-7,10,13,17H,4-5,8-9,11-12H2,1-3H3. The molecule has 3 heterocycles. The van der Waals surface area contributed by atoms with Crippen LogP contribution in [0.5, 0.6) is 5.75 Å². The highest BCUT2D eigenvalue weighted by molar-refractivity contribution is 7.98. The third kappa shape index (κ3) is 4.76. The van der Waals surface area contributed by atoms with E-state index in [1.165, 1.54) is 24.9 Å². The highest BCUT2D eigenvalue weighted by Gasteiger charge is 2.25. The van der Waals surface area contributed by atoms with Crippen molar-refractivity contribution in [3.05, 3.63) is 35.9 Å². The summed E-state index contributed by atoms with van der Waals surface area (Å²) in [5, 5.41) is 0.619. The average Bonchev–Trinajstić information content (AvgIpc) is 3.20. The number of fused-ring (bicyclic) bond motifs is 1. The van der Waals surface area contributed by atoms with Gasteiger partial charge in [-0.3, -0.25) is 0 Å². The Bertz CT molecular complexity index is 1050. The van der Waals surface area contributed by atoms with Gasteiger partial charge in [0.25, 0.3) is 0 Å². The van der Waals surface area contributed by atoms with Gasteiger partial charge < -0.3 is 23.7 Å². The Morgan fingerprint density at radius 1 is 1.29 bits per heavy atom. The largest absolute Gasteiger partial charge is 0.494 e. The molecule has 1 aliphatic rings. The quantitative estimate of drug-likeness (QED) is 0.384. The molecule has 1 aliphatic heterocycles. The molecule has 0 radical (unpaired) electrons. The van der Waals surface area contributed by atoms with Gasteiger partial charge in [-0.1, -0.05) is 17.8 Å². The van der Waals surface area contributed by atoms with Gasteiger partial charge in [0.1, 0.15) is 0 Å². The zero-order chi connectivity index (χ0) is 21.8. The van der Waals surface area contributed by atoms with Crippen LogP contribution >= 0.6 is 11.8 Å². The Kier molecular flexibility index (Phi) is 6.89. The number of hydrogen-bond acceptors (Lipinski definition) is 8. The molecule has 0 N–H and O–H groups in total. The predicted octanol–water partition coefficient (Wildman–Crippen LogP) is 3.49. The molecule has 0 spiro atoms. The van der Waals surface area contributed by atoms with Gasteiger partial charge >= 0.3 is 0 Å². The van der Waals surface area contributed by atoms with Crippen molar-refractivity contribution in [2.24, 2.45) is 0 Å². The molecular formula is C21H26FN5O3S. The maximum Gasteiger partial charge on any atom is 0.191 e. The van der Waals surface area contributed by atoms with Crippen LogP contribution in [-0.2, 0) is 21.8 Å². The first kappa shape index (κ1) is 21.8. The first-order valence-electron chi connectivity index (χ1n) is 10.3. The van der Waals surface area contributed by atoms with Gasteiger partial charge in [0, 0.05) is 25.4 Å². The molecule has 1 aromatic carbocycles. The summed E-state index contributed by atoms with van der Waals surface area (Å²) < 4.78 is 32.4. The highest BCUT2D eigenvalue weighted by atomic mass is 32.2. The topological polar surface area (TPSA) is 74.5 Å². The number of morpholine rings is 1. The van der Waals surface area contributed by atoms with Crippen LogP contribution in [0.1, 0.15) is 19.4 Å². The van der Waals surface area contributed by atoms with Gasteiger partial charge in [-0.15, -0.1) is 0 Å². The average molecular weight is 448 g/mol. The smallest absolute Gasteiger partial charge is 0.191 e. The SMILES string of the molecule is CCOC1CN(c2nc(SCc3ccc(OC)c(F)c3)nc3c2ncn3CC)CCO1. The van der Waals surface area contributed by atoms with Crippen LogP contribution < -0.4 is 9.64 Å². The van der Waals surface area contributed by atoms with E-state index in [4.69, 9.17) is 24.2 Å². The maximum absolute atomic E-state index is 14.0. The summed E-state index contributed by atoms with van der Waals surface area (Å²) in [6.07, 6.45) is 1.49. The van der Waals surface area contributed by atoms with Crippen molar-refractivity contribution in [1.29, 1.82) is 0 Å². The molecule has 1 fully saturated rings. The lowest BCUT2D eigenvalue weighted by Gasteiger charge is -2.33. The zero-order valence-corrected chi connectivity index (χ0v) is 18.7. The van der Waals surface area contributed by atoms with Gasteiger partial charge in [0.2, 0.25) is 0 Å². The van der Waals surface area contributed by atoms with Crippen LogP contribution in [0.4, 0.5) is 10.2 Å². The van der Waals surface area contributed by atoms with Crippen molar-refractivity contribution in [2.45, 2.75) is 37.6 Å². The number of rotatable bonds is 8. The van der Waals surface area contributed by atoms with E-state index >= 15 is 0 Å². The van der Waals surface area contributed by atoms with E-state index in [0.29, 0.717) is 37.2 Å². The highest BCUT2D eigenvalue weighted by Crippen LogP contribution is 2.30. The van der Waals surface area contributed by atoms with E-state index < -0.39 is 0 Å². The molecule has 10 heteroatoms. The molecule has 0 bridgehead atoms. The third-order valence-corrected chi connectivity index (χ3v) is 5.95. The summed E-state index contributed by atoms with van der Waals surface area (Å²) in [6.45, 7) is 7.17. The summed E-state index contributed by atoms with van der Waals surface area (Å²) in [5.41, 5.74) is 2.38. The van der Waals surface area contributed by atoms with Gasteiger partial charge in [-0.25, -0.2) is 19.3 Å². The predicted molar refractivity (Wildman–Crippen MR) is 117 cm³/mol. The minimum atomic E-state index is -0.378. The lowest BCUT2D eigenvalue weighted by molar-refractivity contribution is -0.143. The summed E-state index contributed by atoms with van der Waals surface area (Å²) in [4.78, 5) is 16.2. The first-order chi connectivity index (χ1) is 15.1. The number of imidazole rings is 1. The molecule has 1 unspecified atom stereocenters. The lowest BCUT2D eigenvalue weighted by atomic mass is 10.2. The number of aryl methyl sites for hydroxylation is 1. The van der Waals surface area contributed by atoms with Crippen LogP contribution in [0.15, 0.2) is 29.7 Å². The fourth-order valence-corrected chi connectivity index (χ4v) is 4.25. The van der Waals surface area contributed by atoms with E-state index in [2.05, 4.69) is 16.8 Å². The maximum atomic E-state index is 14.0. The molecule has 0 amide bonds. The van der Waals surface area contributed by atoms with Crippen LogP contribution in [0.25, 0.3) is 11.2 Å². The van der Waals surface area contributed by atoms with Crippen LogP contribution in [0.2, 0.25) is 0 Å². The van der Waals surface area contributed by atoms with E-state index in [0.717, 1.165) is 29.1 Å². The van der Waals surface area contributed by atoms with E-state index in [9.17, 15) is 4.39 Å². The van der Waals surface area contributed by atoms with Gasteiger partial charge in [0.15, 0.2) is 40.0 Å². The molecule has 4 rings (SSSR count). The minimum Gasteiger partial charge on any atom is -0.494 e. The first-order valence-corrected chi connectivity index (χ1v) is 11.3. The number of methoxy groups -OCH3 is 1. The molecule has 2 aromatic heterocycles. The van der Waals surface area contributed by atoms with Gasteiger partial charge in [-0.2, -0.15) is 0 Å². The summed E-state index contributed by atoms with van der Waals surface area (Å²) in [7, 11) is 1.45. The van der Waals surface area contributed by atoms with Crippen molar-refractivity contribution < 1.29 is 18.6 Å². The lowest BCUT2D eigenvalue weighted by Crippen LogP contribution is -2.44. The van der Waals surface area contributed by atoms with Crippen LogP contribution in [0, 0.1) is 5.82 Å². The molecule has 0 aliphatic carbocycles. The van der Waals surface area contributed by atoms with Crippen molar-refractivity contribution in [2.75, 3.05) is 38.3 Å². The molecule has 3 aromatic rings. The zero-order valence-electron chi connectivity index (χ0n) is 17.9. The van der Waals surface area contributed by atoms with Crippen molar-refractivity contribution >= 4 is 28.7 Å². The normalized spacial score (nSPS) is 16.8. The summed E-state index contributed by atoms with van der Waals surface area (Å²) in [6, 6.07) is 4.96. The Labute approximate surface area is 184 Å². The molecule has 8 nitrogen and oxygen atoms in total. The molecule has 0 saturated carbocycles. The fraction of sp³-hybridized carbons (Fsp3) is 0.476. The number of ether oxygens (including phenoxy) is 3. The second kappa shape index (κ2) is 9.80. The van der Waals surface area contributed by atoms with Gasteiger partial charge in [0.05, 0.1) is 26.6 Å². The monoisotopic (exact) mass is 447 g/mol. The Morgan fingerprint density at radius 2 is 2.16 bits per heavy atom. The minimum absolute atomic E-state index is 0.233. The molecule has 166 valence electrons. The molecule has 1 saturated heterocycles. The summed E-state index contributed by atoms with van der Waals surface area (Å²) in [5.74, 6) is 1.17. The van der Waals surface area contributed by atoms with Crippen molar-refractivity contribution in [1.82, 2.24) is 19.5 Å². The second-order valence-corrected chi connectivity index (χ2v) is 7.93. The van der Waals surface area contributed by atoms with Gasteiger partial charge in [-0.05, 0) is 31.5 Å². The Balaban J connectivity index is 1.62. The number of halogens is 1. The number of benzene rings is 1. The number of anilines is 1. The molecule has 1 atom stereocenters. The fourth-order valence-electron chi connectivity index (χ4n) is 3.47. The number of thioether (sulfide) groups is 1. The van der Waals surface area contributed by atoms with Crippen LogP contribution in [0.3, 0.4) is 0 Å². The number of aromatic nitrogens is 4. The second-order valence-electron chi connectivity index (χ2n) is 6.99. The van der Waals surface area contributed by atoms with Crippen molar-refractivity contribution in [3.8, 4) is 5.75 Å². The Hall–Kier alpha value is -2.43. The molecule has 31 heavy (non-hydrogen) atoms. The van der Waals surface area contributed by atoms with Crippen molar-refractivity contribution in [3.63, 3.8) is 0 Å². The Morgan fingerprint density at radius 3 is 2.90 bits per heavy atom. The number of nitrogens with zero attached hydrogens (tertiary/aromatic N) is 5. The van der Waals surface area contributed by atoms with Crippen LogP contribution in [-0.4, -0.2) is 59.2 Å². The molecular weight excluding hydrogens is 421 g/mol. The van der Waals surface area contributed by atoms with E-state index in [1.54, 1.807) is 12.4 Å².